The van der Waals surface area contributed by atoms with Gasteiger partial charge in [0.1, 0.15) is 12.4 Å². The Bertz CT molecular complexity index is 882. The molecule has 1 fully saturated rings. The minimum Gasteiger partial charge on any atom is -0.487 e. The fourth-order valence-electron chi connectivity index (χ4n) is 3.00. The van der Waals surface area contributed by atoms with Gasteiger partial charge in [-0.05, 0) is 29.8 Å². The number of halogens is 5. The van der Waals surface area contributed by atoms with E-state index in [1.165, 1.54) is 12.1 Å². The molecule has 1 N–H and O–H groups in total. The monoisotopic (exact) mass is 416 g/mol. The van der Waals surface area contributed by atoms with Gasteiger partial charge in [0.15, 0.2) is 0 Å². The molecule has 29 heavy (non-hydrogen) atoms. The van der Waals surface area contributed by atoms with Gasteiger partial charge < -0.3 is 9.84 Å². The van der Waals surface area contributed by atoms with E-state index in [-0.39, 0.29) is 43.2 Å². The number of nitrogens with zero attached hydrogens (tertiary/aromatic N) is 2. The number of carbonyl (C=O) groups is 1. The summed E-state index contributed by atoms with van der Waals surface area (Å²) in [6.45, 7) is 0.451. The van der Waals surface area contributed by atoms with Crippen LogP contribution >= 0.6 is 0 Å². The maximum atomic E-state index is 13.4. The van der Waals surface area contributed by atoms with E-state index in [2.05, 4.69) is 4.98 Å². The molecule has 0 aliphatic carbocycles. The second-order valence-electron chi connectivity index (χ2n) is 6.71. The lowest BCUT2D eigenvalue weighted by Gasteiger charge is -2.37. The molecule has 156 valence electrons. The number of likely N-dealkylation sites (tertiary alicyclic amines) is 1. The number of aliphatic carboxylic acids is 1. The first-order valence-corrected chi connectivity index (χ1v) is 8.64. The Balaban J connectivity index is 1.67. The average Bonchev–Trinajstić information content (AvgIpc) is 2.62. The Kier molecular flexibility index (Phi) is 6.02. The summed E-state index contributed by atoms with van der Waals surface area (Å²) < 4.78 is 70.4. The third-order valence-electron chi connectivity index (χ3n) is 4.58. The molecule has 0 atom stereocenters. The average molecular weight is 416 g/mol. The molecule has 1 aromatic carbocycles. The highest BCUT2D eigenvalue weighted by Crippen LogP contribution is 2.31. The number of aromatic nitrogens is 1. The van der Waals surface area contributed by atoms with Crippen LogP contribution in [0.2, 0.25) is 0 Å². The standard InChI is InChI=1S/C19H17F5N2O3/c20-17(21)16-6-15(2-1-11(16)7-26-8-12(9-26)18(27)28)29-10-14-5-13(3-4-25-14)19(22,23)24/h1-6,12,17H,7-10H2,(H,27,28). The molecule has 1 aliphatic heterocycles. The van der Waals surface area contributed by atoms with Crippen molar-refractivity contribution in [2.75, 3.05) is 13.1 Å². The summed E-state index contributed by atoms with van der Waals surface area (Å²) in [5.74, 6) is -1.33. The third kappa shape index (κ3) is 5.20. The van der Waals surface area contributed by atoms with Crippen LogP contribution in [0.25, 0.3) is 0 Å². The number of carboxylic acids is 1. The molecule has 0 unspecified atom stereocenters. The largest absolute Gasteiger partial charge is 0.487 e. The Morgan fingerprint density at radius 2 is 1.97 bits per heavy atom. The van der Waals surface area contributed by atoms with Crippen LogP contribution in [0.1, 0.15) is 28.8 Å². The molecule has 3 rings (SSSR count). The topological polar surface area (TPSA) is 62.7 Å². The molecular formula is C19H17F5N2O3. The predicted molar refractivity (Wildman–Crippen MR) is 91.4 cm³/mol. The number of ether oxygens (including phenoxy) is 1. The zero-order valence-electron chi connectivity index (χ0n) is 15.0. The zero-order chi connectivity index (χ0) is 21.2. The van der Waals surface area contributed by atoms with Crippen molar-refractivity contribution in [1.82, 2.24) is 9.88 Å². The summed E-state index contributed by atoms with van der Waals surface area (Å²) in [7, 11) is 0. The lowest BCUT2D eigenvalue weighted by molar-refractivity contribution is -0.147. The molecule has 10 heteroatoms. The third-order valence-corrected chi connectivity index (χ3v) is 4.58. The van der Waals surface area contributed by atoms with Crippen molar-refractivity contribution in [1.29, 1.82) is 0 Å². The lowest BCUT2D eigenvalue weighted by atomic mass is 9.98. The van der Waals surface area contributed by atoms with Crippen molar-refractivity contribution in [3.8, 4) is 5.75 Å². The molecule has 0 amide bonds. The van der Waals surface area contributed by atoms with Gasteiger partial charge in [-0.1, -0.05) is 6.07 Å². The van der Waals surface area contributed by atoms with Crippen LogP contribution in [-0.4, -0.2) is 34.0 Å². The van der Waals surface area contributed by atoms with Crippen molar-refractivity contribution >= 4 is 5.97 Å². The van der Waals surface area contributed by atoms with E-state index in [1.807, 2.05) is 0 Å². The predicted octanol–water partition coefficient (Wildman–Crippen LogP) is 4.13. The number of hydrogen-bond acceptors (Lipinski definition) is 4. The van der Waals surface area contributed by atoms with Gasteiger partial charge in [-0.25, -0.2) is 8.78 Å². The summed E-state index contributed by atoms with van der Waals surface area (Å²) in [5.41, 5.74) is -0.779. The SMILES string of the molecule is O=C(O)C1CN(Cc2ccc(OCc3cc(C(F)(F)F)ccn3)cc2C(F)F)C1. The van der Waals surface area contributed by atoms with Crippen LogP contribution in [0.4, 0.5) is 22.0 Å². The second-order valence-corrected chi connectivity index (χ2v) is 6.71. The van der Waals surface area contributed by atoms with Gasteiger partial charge in [0, 0.05) is 31.4 Å². The molecule has 2 aromatic rings. The first kappa shape index (κ1) is 21.0. The number of hydrogen-bond donors (Lipinski definition) is 1. The van der Waals surface area contributed by atoms with E-state index in [0.717, 1.165) is 24.4 Å². The zero-order valence-corrected chi connectivity index (χ0v) is 15.0. The van der Waals surface area contributed by atoms with Crippen molar-refractivity contribution in [3.05, 3.63) is 58.9 Å². The van der Waals surface area contributed by atoms with Crippen molar-refractivity contribution in [2.45, 2.75) is 25.8 Å². The number of alkyl halides is 5. The molecule has 5 nitrogen and oxygen atoms in total. The van der Waals surface area contributed by atoms with Gasteiger partial charge in [-0.15, -0.1) is 0 Å². The molecule has 0 saturated carbocycles. The summed E-state index contributed by atoms with van der Waals surface area (Å²) in [5, 5.41) is 8.88. The van der Waals surface area contributed by atoms with Crippen molar-refractivity contribution in [3.63, 3.8) is 0 Å². The van der Waals surface area contributed by atoms with E-state index in [1.54, 1.807) is 4.90 Å². The Hall–Kier alpha value is -2.75. The molecule has 1 aromatic heterocycles. The van der Waals surface area contributed by atoms with Crippen LogP contribution in [-0.2, 0) is 24.1 Å². The number of carboxylic acid groups (broad SMARTS) is 1. The summed E-state index contributed by atoms with van der Waals surface area (Å²) in [4.78, 5) is 16.4. The lowest BCUT2D eigenvalue weighted by Crippen LogP contribution is -2.49. The van der Waals surface area contributed by atoms with Gasteiger partial charge in [-0.3, -0.25) is 14.7 Å². The van der Waals surface area contributed by atoms with Crippen molar-refractivity contribution in [2.24, 2.45) is 5.92 Å². The van der Waals surface area contributed by atoms with Crippen LogP contribution < -0.4 is 4.74 Å². The van der Waals surface area contributed by atoms with Gasteiger partial charge in [-0.2, -0.15) is 13.2 Å². The highest BCUT2D eigenvalue weighted by Gasteiger charge is 2.33. The molecule has 0 bridgehead atoms. The van der Waals surface area contributed by atoms with Gasteiger partial charge in [0.2, 0.25) is 0 Å². The summed E-state index contributed by atoms with van der Waals surface area (Å²) in [6, 6.07) is 5.71. The molecular weight excluding hydrogens is 399 g/mol. The van der Waals surface area contributed by atoms with E-state index >= 15 is 0 Å². The van der Waals surface area contributed by atoms with Gasteiger partial charge >= 0.3 is 12.1 Å². The maximum absolute atomic E-state index is 13.4. The van der Waals surface area contributed by atoms with Gasteiger partial charge in [0.05, 0.1) is 17.2 Å². The normalized spacial score (nSPS) is 15.4. The highest BCUT2D eigenvalue weighted by molar-refractivity contribution is 5.71. The van der Waals surface area contributed by atoms with E-state index in [9.17, 15) is 26.7 Å². The quantitative estimate of drug-likeness (QED) is 0.688. The van der Waals surface area contributed by atoms with E-state index < -0.39 is 30.1 Å². The molecule has 0 radical (unpaired) electrons. The fourth-order valence-corrected chi connectivity index (χ4v) is 3.00. The van der Waals surface area contributed by atoms with E-state index in [4.69, 9.17) is 9.84 Å². The number of pyridine rings is 1. The Morgan fingerprint density at radius 3 is 2.59 bits per heavy atom. The molecule has 1 saturated heterocycles. The van der Waals surface area contributed by atoms with Gasteiger partial charge in [0.25, 0.3) is 6.43 Å². The van der Waals surface area contributed by atoms with Crippen LogP contribution in [0.15, 0.2) is 36.5 Å². The van der Waals surface area contributed by atoms with Crippen LogP contribution in [0.5, 0.6) is 5.75 Å². The first-order chi connectivity index (χ1) is 13.6. The maximum Gasteiger partial charge on any atom is 0.416 e. The molecule has 1 aliphatic rings. The number of benzene rings is 1. The minimum atomic E-state index is -4.52. The smallest absolute Gasteiger partial charge is 0.416 e. The summed E-state index contributed by atoms with van der Waals surface area (Å²) in [6.07, 6.45) is -6.29. The number of rotatable bonds is 7. The Labute approximate surface area is 162 Å². The Morgan fingerprint density at radius 1 is 1.24 bits per heavy atom. The fraction of sp³-hybridized carbons (Fsp3) is 0.368. The molecule has 0 spiro atoms. The highest BCUT2D eigenvalue weighted by atomic mass is 19.4. The van der Waals surface area contributed by atoms with Crippen molar-refractivity contribution < 1.29 is 36.6 Å². The molecule has 2 heterocycles. The first-order valence-electron chi connectivity index (χ1n) is 8.64. The van der Waals surface area contributed by atoms with E-state index in [0.29, 0.717) is 5.56 Å². The second kappa shape index (κ2) is 8.32. The summed E-state index contributed by atoms with van der Waals surface area (Å²) >= 11 is 0. The van der Waals surface area contributed by atoms with Crippen LogP contribution in [0, 0.1) is 5.92 Å². The minimum absolute atomic E-state index is 0.0165. The van der Waals surface area contributed by atoms with Crippen LogP contribution in [0.3, 0.4) is 0 Å².